The van der Waals surface area contributed by atoms with Crippen molar-refractivity contribution in [2.24, 2.45) is 0 Å². The molecule has 2 rings (SSSR count). The summed E-state index contributed by atoms with van der Waals surface area (Å²) >= 11 is 0. The summed E-state index contributed by atoms with van der Waals surface area (Å²) in [5.74, 6) is -4.02. The third kappa shape index (κ3) is 2.75. The van der Waals surface area contributed by atoms with E-state index in [0.717, 1.165) is 18.2 Å². The van der Waals surface area contributed by atoms with Crippen LogP contribution in [0.25, 0.3) is 0 Å². The molecule has 0 aliphatic rings. The summed E-state index contributed by atoms with van der Waals surface area (Å²) in [7, 11) is 0. The number of aryl methyl sites for hydroxylation is 2. The highest BCUT2D eigenvalue weighted by Gasteiger charge is 2.13. The van der Waals surface area contributed by atoms with Crippen molar-refractivity contribution in [1.82, 2.24) is 10.2 Å². The van der Waals surface area contributed by atoms with Gasteiger partial charge in [0.05, 0.1) is 0 Å². The number of aromatic nitrogens is 2. The lowest BCUT2D eigenvalue weighted by atomic mass is 10.1. The SMILES string of the molecule is O=c1cc(CCc2ccc(F)c(F)c2F)[nH][nH]c1=O. The third-order valence-corrected chi connectivity index (χ3v) is 2.64. The number of aromatic amines is 2. The van der Waals surface area contributed by atoms with Gasteiger partial charge in [0.25, 0.3) is 0 Å². The van der Waals surface area contributed by atoms with Crippen LogP contribution in [0.2, 0.25) is 0 Å². The molecule has 0 spiro atoms. The minimum absolute atomic E-state index is 0.00838. The second-order valence-corrected chi connectivity index (χ2v) is 3.95. The van der Waals surface area contributed by atoms with Crippen LogP contribution >= 0.6 is 0 Å². The second-order valence-electron chi connectivity index (χ2n) is 3.95. The van der Waals surface area contributed by atoms with Crippen LogP contribution < -0.4 is 11.0 Å². The van der Waals surface area contributed by atoms with Crippen LogP contribution in [0.3, 0.4) is 0 Å². The average Bonchev–Trinajstić information content (AvgIpc) is 2.39. The van der Waals surface area contributed by atoms with E-state index in [-0.39, 0.29) is 18.4 Å². The van der Waals surface area contributed by atoms with E-state index in [4.69, 9.17) is 0 Å². The fraction of sp³-hybridized carbons (Fsp3) is 0.167. The zero-order chi connectivity index (χ0) is 14.0. The van der Waals surface area contributed by atoms with Crippen molar-refractivity contribution < 1.29 is 13.2 Å². The molecule has 1 heterocycles. The molecule has 2 aromatic rings. The molecule has 19 heavy (non-hydrogen) atoms. The lowest BCUT2D eigenvalue weighted by molar-refractivity contribution is 0.440. The monoisotopic (exact) mass is 270 g/mol. The summed E-state index contributed by atoms with van der Waals surface area (Å²) in [6, 6.07) is 3.05. The highest BCUT2D eigenvalue weighted by atomic mass is 19.2. The van der Waals surface area contributed by atoms with E-state index in [1.54, 1.807) is 0 Å². The summed E-state index contributed by atoms with van der Waals surface area (Å²) < 4.78 is 39.1. The maximum atomic E-state index is 13.4. The van der Waals surface area contributed by atoms with E-state index in [9.17, 15) is 22.8 Å². The smallest absolute Gasteiger partial charge is 0.302 e. The lowest BCUT2D eigenvalue weighted by Crippen LogP contribution is -2.27. The molecule has 7 heteroatoms. The first-order valence-corrected chi connectivity index (χ1v) is 5.42. The Morgan fingerprint density at radius 2 is 1.68 bits per heavy atom. The Morgan fingerprint density at radius 1 is 0.947 bits per heavy atom. The van der Waals surface area contributed by atoms with Crippen LogP contribution in [0, 0.1) is 17.5 Å². The molecule has 2 N–H and O–H groups in total. The van der Waals surface area contributed by atoms with Gasteiger partial charge in [-0.1, -0.05) is 6.07 Å². The molecule has 0 aliphatic carbocycles. The number of hydrogen-bond donors (Lipinski definition) is 2. The Hall–Kier alpha value is -2.31. The van der Waals surface area contributed by atoms with Crippen molar-refractivity contribution in [3.63, 3.8) is 0 Å². The van der Waals surface area contributed by atoms with Gasteiger partial charge in [-0.2, -0.15) is 0 Å². The van der Waals surface area contributed by atoms with E-state index in [0.29, 0.717) is 5.69 Å². The zero-order valence-electron chi connectivity index (χ0n) is 9.60. The molecule has 0 aliphatic heterocycles. The number of nitrogens with one attached hydrogen (secondary N) is 2. The van der Waals surface area contributed by atoms with Gasteiger partial charge in [-0.05, 0) is 24.5 Å². The highest BCUT2D eigenvalue weighted by molar-refractivity contribution is 5.21. The summed E-state index contributed by atoms with van der Waals surface area (Å²) in [6.45, 7) is 0. The first-order valence-electron chi connectivity index (χ1n) is 5.42. The molecule has 0 amide bonds. The van der Waals surface area contributed by atoms with Gasteiger partial charge in [0.15, 0.2) is 17.5 Å². The van der Waals surface area contributed by atoms with Gasteiger partial charge in [0.1, 0.15) is 0 Å². The standard InChI is InChI=1S/C12H9F3N2O2/c13-8-4-2-6(10(14)11(8)15)1-3-7-5-9(18)12(19)17-16-7/h2,4-5H,1,3H2,(H,16,18)(H,17,19). The molecular weight excluding hydrogens is 261 g/mol. The molecule has 0 fully saturated rings. The normalized spacial score (nSPS) is 10.7. The highest BCUT2D eigenvalue weighted by Crippen LogP contribution is 2.16. The Bertz CT molecular complexity index is 722. The molecule has 4 nitrogen and oxygen atoms in total. The zero-order valence-corrected chi connectivity index (χ0v) is 9.60. The van der Waals surface area contributed by atoms with E-state index in [1.165, 1.54) is 0 Å². The van der Waals surface area contributed by atoms with Crippen molar-refractivity contribution in [2.75, 3.05) is 0 Å². The third-order valence-electron chi connectivity index (χ3n) is 2.64. The van der Waals surface area contributed by atoms with E-state index in [1.807, 2.05) is 0 Å². The molecule has 1 aromatic heterocycles. The minimum atomic E-state index is -1.52. The van der Waals surface area contributed by atoms with Gasteiger partial charge in [-0.15, -0.1) is 0 Å². The lowest BCUT2D eigenvalue weighted by Gasteiger charge is -2.04. The molecule has 1 aromatic carbocycles. The van der Waals surface area contributed by atoms with Gasteiger partial charge in [-0.25, -0.2) is 13.2 Å². The van der Waals surface area contributed by atoms with Crippen LogP contribution in [-0.2, 0) is 12.8 Å². The second kappa shape index (κ2) is 5.13. The van der Waals surface area contributed by atoms with Gasteiger partial charge in [0, 0.05) is 11.8 Å². The van der Waals surface area contributed by atoms with Crippen LogP contribution in [0.4, 0.5) is 13.2 Å². The summed E-state index contributed by atoms with van der Waals surface area (Å²) in [6.07, 6.45) is 0.235. The fourth-order valence-corrected chi connectivity index (χ4v) is 1.62. The Balaban J connectivity index is 2.19. The first-order chi connectivity index (χ1) is 8.99. The van der Waals surface area contributed by atoms with E-state index >= 15 is 0 Å². The molecule has 0 radical (unpaired) electrons. The topological polar surface area (TPSA) is 65.7 Å². The van der Waals surface area contributed by atoms with Gasteiger partial charge in [-0.3, -0.25) is 14.7 Å². The van der Waals surface area contributed by atoms with Crippen LogP contribution in [-0.4, -0.2) is 10.2 Å². The fourth-order valence-electron chi connectivity index (χ4n) is 1.62. The number of rotatable bonds is 3. The summed E-state index contributed by atoms with van der Waals surface area (Å²) in [5, 5.41) is 4.58. The van der Waals surface area contributed by atoms with Crippen molar-refractivity contribution in [1.29, 1.82) is 0 Å². The maximum Gasteiger partial charge on any atom is 0.310 e. The largest absolute Gasteiger partial charge is 0.310 e. The molecule has 0 saturated heterocycles. The van der Waals surface area contributed by atoms with Gasteiger partial charge in [0.2, 0.25) is 5.43 Å². The van der Waals surface area contributed by atoms with Crippen LogP contribution in [0.5, 0.6) is 0 Å². The Kier molecular flexibility index (Phi) is 3.55. The van der Waals surface area contributed by atoms with Crippen molar-refractivity contribution in [3.8, 4) is 0 Å². The molecule has 0 saturated carbocycles. The number of H-pyrrole nitrogens is 2. The maximum absolute atomic E-state index is 13.4. The first kappa shape index (κ1) is 13.1. The predicted octanol–water partition coefficient (Wildman–Crippen LogP) is 1.27. The Labute approximate surface area is 104 Å². The summed E-state index contributed by atoms with van der Waals surface area (Å²) in [5.41, 5.74) is -1.15. The van der Waals surface area contributed by atoms with Gasteiger partial charge >= 0.3 is 5.56 Å². The van der Waals surface area contributed by atoms with E-state index < -0.39 is 28.4 Å². The van der Waals surface area contributed by atoms with Crippen molar-refractivity contribution >= 4 is 0 Å². The van der Waals surface area contributed by atoms with Crippen LogP contribution in [0.1, 0.15) is 11.3 Å². The molecule has 0 atom stereocenters. The molecule has 0 unspecified atom stereocenters. The van der Waals surface area contributed by atoms with E-state index in [2.05, 4.69) is 10.2 Å². The Morgan fingerprint density at radius 3 is 2.37 bits per heavy atom. The van der Waals surface area contributed by atoms with Crippen molar-refractivity contribution in [2.45, 2.75) is 12.8 Å². The molecular formula is C12H9F3N2O2. The van der Waals surface area contributed by atoms with Crippen LogP contribution in [0.15, 0.2) is 27.8 Å². The quantitative estimate of drug-likeness (QED) is 0.651. The van der Waals surface area contributed by atoms with Crippen molar-refractivity contribution in [3.05, 3.63) is 67.5 Å². The summed E-state index contributed by atoms with van der Waals surface area (Å²) in [4.78, 5) is 21.9. The average molecular weight is 270 g/mol. The predicted molar refractivity (Wildman–Crippen MR) is 61.4 cm³/mol. The molecule has 0 bridgehead atoms. The number of benzene rings is 1. The van der Waals surface area contributed by atoms with Gasteiger partial charge < -0.3 is 5.10 Å². The number of halogens is 3. The number of hydrogen-bond acceptors (Lipinski definition) is 2. The molecule has 100 valence electrons. The minimum Gasteiger partial charge on any atom is -0.302 e.